The largest absolute Gasteiger partial charge is 0.445 e. The number of fused-ring (bicyclic) bond motifs is 1. The predicted molar refractivity (Wildman–Crippen MR) is 219 cm³/mol. The molecule has 298 valence electrons. The van der Waals surface area contributed by atoms with Gasteiger partial charge < -0.3 is 30.9 Å². The average Bonchev–Trinajstić information content (AvgIpc) is 3.80. The summed E-state index contributed by atoms with van der Waals surface area (Å²) in [6, 6.07) is 22.0. The van der Waals surface area contributed by atoms with Crippen molar-refractivity contribution in [2.24, 2.45) is 23.7 Å². The van der Waals surface area contributed by atoms with E-state index in [0.717, 1.165) is 73.6 Å². The molecule has 0 radical (unpaired) electrons. The Bertz CT molecular complexity index is 1850. The molecule has 1 unspecified atom stereocenters. The molecule has 3 aromatic carbocycles. The van der Waals surface area contributed by atoms with E-state index in [-0.39, 0.29) is 42.3 Å². The Hall–Kier alpha value is -4.86. The fourth-order valence-corrected chi connectivity index (χ4v) is 9.88. The monoisotopic (exact) mass is 761 g/mol. The Morgan fingerprint density at radius 3 is 2.11 bits per heavy atom. The summed E-state index contributed by atoms with van der Waals surface area (Å²) in [7, 11) is 0. The van der Waals surface area contributed by atoms with Gasteiger partial charge in [-0.2, -0.15) is 0 Å². The first-order chi connectivity index (χ1) is 27.1. The van der Waals surface area contributed by atoms with E-state index >= 15 is 0 Å². The number of anilines is 2. The van der Waals surface area contributed by atoms with Gasteiger partial charge in [0.15, 0.2) is 0 Å². The summed E-state index contributed by atoms with van der Waals surface area (Å²) in [5.41, 5.74) is 3.86. The van der Waals surface area contributed by atoms with Gasteiger partial charge in [-0.3, -0.25) is 9.59 Å². The maximum atomic E-state index is 14.7. The third-order valence-electron chi connectivity index (χ3n) is 13.1. The summed E-state index contributed by atoms with van der Waals surface area (Å²) in [6.45, 7) is 6.65. The number of carbonyl (C=O) groups is 4. The Morgan fingerprint density at radius 2 is 1.46 bits per heavy atom. The molecule has 0 aromatic heterocycles. The fraction of sp³-hybridized carbons (Fsp3) is 0.522. The summed E-state index contributed by atoms with van der Waals surface area (Å²) in [4.78, 5) is 58.0. The van der Waals surface area contributed by atoms with Gasteiger partial charge >= 0.3 is 12.1 Å². The van der Waals surface area contributed by atoms with E-state index in [1.807, 2.05) is 79.7 Å². The van der Waals surface area contributed by atoms with Gasteiger partial charge in [0.1, 0.15) is 18.2 Å². The lowest BCUT2D eigenvalue weighted by Gasteiger charge is -2.41. The predicted octanol–water partition coefficient (Wildman–Crippen LogP) is 8.53. The van der Waals surface area contributed by atoms with Crippen LogP contribution in [0, 0.1) is 30.6 Å². The maximum absolute atomic E-state index is 14.7. The normalized spacial score (nSPS) is 22.1. The number of para-hydroxylation sites is 1. The van der Waals surface area contributed by atoms with E-state index in [1.165, 1.54) is 12.8 Å². The lowest BCUT2D eigenvalue weighted by atomic mass is 9.66. The van der Waals surface area contributed by atoms with Gasteiger partial charge in [-0.15, -0.1) is 0 Å². The Kier molecular flexibility index (Phi) is 12.3. The topological polar surface area (TPSA) is 129 Å². The number of hydrogen-bond acceptors (Lipinski definition) is 5. The fourth-order valence-electron chi connectivity index (χ4n) is 9.88. The number of benzene rings is 3. The number of rotatable bonds is 12. The number of amides is 5. The Morgan fingerprint density at radius 1 is 0.821 bits per heavy atom. The molecule has 3 aliphatic carbocycles. The molecule has 2 saturated carbocycles. The van der Waals surface area contributed by atoms with E-state index in [4.69, 9.17) is 4.74 Å². The quantitative estimate of drug-likeness (QED) is 0.147. The van der Waals surface area contributed by atoms with Crippen LogP contribution in [0.1, 0.15) is 100 Å². The van der Waals surface area contributed by atoms with Gasteiger partial charge in [-0.25, -0.2) is 9.59 Å². The van der Waals surface area contributed by atoms with E-state index in [9.17, 15) is 19.2 Å². The zero-order chi connectivity index (χ0) is 39.2. The number of ether oxygens (including phenoxy) is 1. The minimum Gasteiger partial charge on any atom is -0.445 e. The van der Waals surface area contributed by atoms with Crippen molar-refractivity contribution in [3.63, 3.8) is 0 Å². The van der Waals surface area contributed by atoms with Crippen molar-refractivity contribution in [2.75, 3.05) is 17.2 Å². The highest BCUT2D eigenvalue weighted by molar-refractivity contribution is 6.02. The molecule has 0 bridgehead atoms. The smallest absolute Gasteiger partial charge is 0.408 e. The minimum atomic E-state index is -1.15. The molecule has 4 N–H and O–H groups in total. The van der Waals surface area contributed by atoms with Gasteiger partial charge in [-0.1, -0.05) is 133 Å². The Labute approximate surface area is 331 Å². The second-order valence-corrected chi connectivity index (χ2v) is 17.1. The zero-order valence-electron chi connectivity index (χ0n) is 33.3. The van der Waals surface area contributed by atoms with E-state index in [1.54, 1.807) is 4.90 Å². The number of hydrogen-bond donors (Lipinski definition) is 4. The van der Waals surface area contributed by atoms with Gasteiger partial charge in [0.05, 0.1) is 6.04 Å². The summed E-state index contributed by atoms with van der Waals surface area (Å²) >= 11 is 0. The van der Waals surface area contributed by atoms with Crippen molar-refractivity contribution < 1.29 is 23.9 Å². The molecule has 0 spiro atoms. The van der Waals surface area contributed by atoms with Crippen LogP contribution in [-0.2, 0) is 33.8 Å². The van der Waals surface area contributed by atoms with Gasteiger partial charge in [-0.05, 0) is 71.0 Å². The van der Waals surface area contributed by atoms with E-state index in [2.05, 4.69) is 35.1 Å². The molecule has 1 heterocycles. The van der Waals surface area contributed by atoms with Crippen LogP contribution in [0.3, 0.4) is 0 Å². The highest BCUT2D eigenvalue weighted by Crippen LogP contribution is 2.43. The summed E-state index contributed by atoms with van der Waals surface area (Å²) in [5, 5.41) is 12.6. The number of alkyl carbamates (subject to hydrolysis) is 1. The lowest BCUT2D eigenvalue weighted by Crippen LogP contribution is -2.59. The Balaban J connectivity index is 1.15. The zero-order valence-corrected chi connectivity index (χ0v) is 33.3. The average molecular weight is 762 g/mol. The second kappa shape index (κ2) is 17.5. The van der Waals surface area contributed by atoms with Crippen LogP contribution in [-0.4, -0.2) is 53.0 Å². The van der Waals surface area contributed by atoms with Gasteiger partial charge in [0.2, 0.25) is 5.91 Å². The molecular weight excluding hydrogens is 703 g/mol. The van der Waals surface area contributed by atoms with Crippen molar-refractivity contribution in [2.45, 2.75) is 122 Å². The van der Waals surface area contributed by atoms with Crippen molar-refractivity contribution in [1.29, 1.82) is 0 Å². The summed E-state index contributed by atoms with van der Waals surface area (Å²) < 4.78 is 5.71. The van der Waals surface area contributed by atoms with E-state index < -0.39 is 17.7 Å². The molecule has 56 heavy (non-hydrogen) atoms. The molecule has 1 aliphatic heterocycles. The van der Waals surface area contributed by atoms with Gasteiger partial charge in [0.25, 0.3) is 5.91 Å². The van der Waals surface area contributed by atoms with Crippen LogP contribution < -0.4 is 21.3 Å². The van der Waals surface area contributed by atoms with Gasteiger partial charge in [0, 0.05) is 30.8 Å². The first-order valence-electron chi connectivity index (χ1n) is 21.0. The van der Waals surface area contributed by atoms with Crippen molar-refractivity contribution >= 4 is 35.3 Å². The van der Waals surface area contributed by atoms with Crippen LogP contribution in [0.15, 0.2) is 72.8 Å². The van der Waals surface area contributed by atoms with Crippen molar-refractivity contribution in [1.82, 2.24) is 15.5 Å². The molecule has 3 aromatic rings. The van der Waals surface area contributed by atoms with Crippen LogP contribution in [0.5, 0.6) is 0 Å². The molecule has 7 rings (SSSR count). The van der Waals surface area contributed by atoms with Crippen molar-refractivity contribution in [3.05, 3.63) is 95.1 Å². The molecule has 10 nitrogen and oxygen atoms in total. The molecular formula is C46H59N5O5. The maximum Gasteiger partial charge on any atom is 0.408 e. The summed E-state index contributed by atoms with van der Waals surface area (Å²) in [5.74, 6) is 0.401. The highest BCUT2D eigenvalue weighted by atomic mass is 16.5. The standard InChI is InChI=1S/C46H59N5O5/c1-30(2)39-28-51(44(54)49-39)46(43(53)48-38-22-14-13-15-31(38)3)26-35-23-24-37(25-36(35)27-46)47-42(52)41(50-45(55)56-29-32-16-7-4-8-17-32)40(33-18-9-5-10-19-33)34-20-11-6-12-21-34/h4,7-8,13-17,22-25,30,33-34,39-41H,5-6,9-12,18-21,26-29H2,1-3H3,(H,47,52)(H,48,53)(H,49,54)(H,50,55)/t39-,41-,46?/m0/s1. The molecule has 3 fully saturated rings. The number of carbonyl (C=O) groups excluding carboxylic acids is 4. The van der Waals surface area contributed by atoms with Crippen molar-refractivity contribution in [3.8, 4) is 0 Å². The number of nitrogens with one attached hydrogen (secondary N) is 4. The first kappa shape index (κ1) is 39.4. The van der Waals surface area contributed by atoms with E-state index in [0.29, 0.717) is 42.6 Å². The second-order valence-electron chi connectivity index (χ2n) is 17.1. The highest BCUT2D eigenvalue weighted by Gasteiger charge is 2.53. The van der Waals surface area contributed by atoms with Crippen LogP contribution in [0.25, 0.3) is 0 Å². The molecule has 3 atom stereocenters. The number of aryl methyl sites for hydroxylation is 1. The van der Waals surface area contributed by atoms with Crippen LogP contribution >= 0.6 is 0 Å². The van der Waals surface area contributed by atoms with Crippen LogP contribution in [0.2, 0.25) is 0 Å². The number of nitrogens with zero attached hydrogens (tertiary/aromatic N) is 1. The SMILES string of the molecule is Cc1ccccc1NC(=O)C1(N2C[C@@H](C(C)C)NC2=O)Cc2ccc(NC(=O)[C@@H](NC(=O)OCc3ccccc3)C(C3CCCCC3)C3CCCCC3)cc2C1. The number of urea groups is 1. The van der Waals surface area contributed by atoms with Crippen LogP contribution in [0.4, 0.5) is 21.0 Å². The molecule has 5 amide bonds. The molecule has 10 heteroatoms. The lowest BCUT2D eigenvalue weighted by molar-refractivity contribution is -0.125. The first-order valence-corrected chi connectivity index (χ1v) is 21.0. The molecule has 4 aliphatic rings. The molecule has 1 saturated heterocycles. The minimum absolute atomic E-state index is 0.00493. The third-order valence-corrected chi connectivity index (χ3v) is 13.1. The summed E-state index contributed by atoms with van der Waals surface area (Å²) in [6.07, 6.45) is 11.2. The third kappa shape index (κ3) is 8.74.